The molecule has 4 rings (SSSR count). The number of nitrogens with zero attached hydrogens (tertiary/aromatic N) is 2. The van der Waals surface area contributed by atoms with E-state index in [-0.39, 0.29) is 17.6 Å². The molecule has 2 atom stereocenters. The molecular weight excluding hydrogens is 304 g/mol. The van der Waals surface area contributed by atoms with Gasteiger partial charge in [0.25, 0.3) is 0 Å². The van der Waals surface area contributed by atoms with Crippen LogP contribution in [0.1, 0.15) is 37.8 Å². The van der Waals surface area contributed by atoms with Crippen molar-refractivity contribution in [3.8, 4) is 0 Å². The molecule has 1 aromatic rings. The second kappa shape index (κ2) is 6.81. The first-order valence-electron chi connectivity index (χ1n) is 9.16. The summed E-state index contributed by atoms with van der Waals surface area (Å²) in [5.74, 6) is 0.933. The first kappa shape index (κ1) is 16.0. The Morgan fingerprint density at radius 3 is 3.12 bits per heavy atom. The number of piperidine rings is 1. The predicted octanol–water partition coefficient (Wildman–Crippen LogP) is 2.20. The molecule has 1 aliphatic carbocycles. The van der Waals surface area contributed by atoms with Crippen LogP contribution in [0.5, 0.6) is 0 Å². The van der Waals surface area contributed by atoms with Crippen molar-refractivity contribution in [1.82, 2.24) is 9.88 Å². The smallest absolute Gasteiger partial charge is 0.228 e. The van der Waals surface area contributed by atoms with Crippen LogP contribution in [0.3, 0.4) is 0 Å². The summed E-state index contributed by atoms with van der Waals surface area (Å²) in [5.41, 5.74) is 0.645. The Morgan fingerprint density at radius 2 is 2.33 bits per heavy atom. The minimum absolute atomic E-state index is 0.152. The first-order chi connectivity index (χ1) is 11.7. The number of hydrogen-bond donors (Lipinski definition) is 0. The largest absolute Gasteiger partial charge is 0.375 e. The van der Waals surface area contributed by atoms with Gasteiger partial charge in [-0.3, -0.25) is 9.78 Å². The summed E-state index contributed by atoms with van der Waals surface area (Å²) < 4.78 is 12.2. The van der Waals surface area contributed by atoms with Crippen molar-refractivity contribution in [2.45, 2.75) is 50.2 Å². The maximum atomic E-state index is 12.6. The number of carbonyl (C=O) groups is 1. The van der Waals surface area contributed by atoms with Crippen molar-refractivity contribution in [3.05, 3.63) is 30.1 Å². The monoisotopic (exact) mass is 330 g/mol. The first-order valence-corrected chi connectivity index (χ1v) is 9.16. The highest BCUT2D eigenvalue weighted by Crippen LogP contribution is 2.37. The number of ether oxygens (including phenoxy) is 2. The Hall–Kier alpha value is -1.46. The molecule has 0 bridgehead atoms. The van der Waals surface area contributed by atoms with E-state index in [0.717, 1.165) is 44.0 Å². The third kappa shape index (κ3) is 3.78. The Kier molecular flexibility index (Phi) is 4.55. The van der Waals surface area contributed by atoms with Crippen LogP contribution in [0.2, 0.25) is 0 Å². The van der Waals surface area contributed by atoms with Crippen molar-refractivity contribution in [3.63, 3.8) is 0 Å². The highest BCUT2D eigenvalue weighted by molar-refractivity contribution is 5.78. The van der Waals surface area contributed by atoms with Gasteiger partial charge in [0.1, 0.15) is 0 Å². The summed E-state index contributed by atoms with van der Waals surface area (Å²) in [7, 11) is 0. The molecule has 1 saturated carbocycles. The van der Waals surface area contributed by atoms with E-state index >= 15 is 0 Å². The van der Waals surface area contributed by atoms with Gasteiger partial charge in [0, 0.05) is 38.0 Å². The Balaban J connectivity index is 1.32. The molecule has 1 aromatic heterocycles. The van der Waals surface area contributed by atoms with E-state index < -0.39 is 0 Å². The third-order valence-electron chi connectivity index (χ3n) is 5.39. The number of likely N-dealkylation sites (tertiary alicyclic amines) is 1. The van der Waals surface area contributed by atoms with Crippen molar-refractivity contribution < 1.29 is 14.3 Å². The third-order valence-corrected chi connectivity index (χ3v) is 5.39. The van der Waals surface area contributed by atoms with Crippen LogP contribution in [0, 0.1) is 5.92 Å². The van der Waals surface area contributed by atoms with Gasteiger partial charge in [0.05, 0.1) is 24.7 Å². The lowest BCUT2D eigenvalue weighted by atomic mass is 9.89. The van der Waals surface area contributed by atoms with Gasteiger partial charge < -0.3 is 14.4 Å². The number of carbonyl (C=O) groups excluding carboxylic acids is 1. The number of hydrogen-bond acceptors (Lipinski definition) is 4. The van der Waals surface area contributed by atoms with Crippen LogP contribution in [-0.4, -0.2) is 53.8 Å². The van der Waals surface area contributed by atoms with Gasteiger partial charge in [-0.2, -0.15) is 0 Å². The molecule has 0 aromatic carbocycles. The molecule has 24 heavy (non-hydrogen) atoms. The second-order valence-corrected chi connectivity index (χ2v) is 7.51. The highest BCUT2D eigenvalue weighted by atomic mass is 16.6. The maximum Gasteiger partial charge on any atom is 0.228 e. The van der Waals surface area contributed by atoms with Crippen molar-refractivity contribution in [2.24, 2.45) is 5.92 Å². The van der Waals surface area contributed by atoms with Gasteiger partial charge in [-0.15, -0.1) is 0 Å². The van der Waals surface area contributed by atoms with Crippen LogP contribution in [0.15, 0.2) is 24.4 Å². The number of pyridine rings is 1. The van der Waals surface area contributed by atoms with Crippen LogP contribution in [0.4, 0.5) is 0 Å². The van der Waals surface area contributed by atoms with Gasteiger partial charge >= 0.3 is 0 Å². The fourth-order valence-corrected chi connectivity index (χ4v) is 3.83. The van der Waals surface area contributed by atoms with Gasteiger partial charge in [0.2, 0.25) is 5.91 Å². The summed E-state index contributed by atoms with van der Waals surface area (Å²) in [6.45, 7) is 3.08. The summed E-state index contributed by atoms with van der Waals surface area (Å²) >= 11 is 0. The number of rotatable bonds is 5. The van der Waals surface area contributed by atoms with E-state index in [2.05, 4.69) is 4.98 Å². The number of amides is 1. The van der Waals surface area contributed by atoms with Gasteiger partial charge in [0.15, 0.2) is 0 Å². The zero-order valence-corrected chi connectivity index (χ0v) is 14.2. The topological polar surface area (TPSA) is 51.7 Å². The molecule has 0 unspecified atom stereocenters. The highest BCUT2D eigenvalue weighted by Gasteiger charge is 2.45. The van der Waals surface area contributed by atoms with Crippen LogP contribution in [0.25, 0.3) is 0 Å². The molecular formula is C19H26N2O3. The average Bonchev–Trinajstić information content (AvgIpc) is 3.36. The second-order valence-electron chi connectivity index (χ2n) is 7.51. The molecule has 130 valence electrons. The summed E-state index contributed by atoms with van der Waals surface area (Å²) in [5, 5.41) is 0. The number of aromatic nitrogens is 1. The van der Waals surface area contributed by atoms with Crippen LogP contribution >= 0.6 is 0 Å². The van der Waals surface area contributed by atoms with Crippen molar-refractivity contribution in [2.75, 3.05) is 26.3 Å². The Labute approximate surface area is 143 Å². The predicted molar refractivity (Wildman–Crippen MR) is 89.5 cm³/mol. The van der Waals surface area contributed by atoms with Crippen LogP contribution in [-0.2, 0) is 20.7 Å². The quantitative estimate of drug-likeness (QED) is 0.830. The van der Waals surface area contributed by atoms with E-state index in [1.807, 2.05) is 23.1 Å². The maximum absolute atomic E-state index is 12.6. The minimum Gasteiger partial charge on any atom is -0.375 e. The summed E-state index contributed by atoms with van der Waals surface area (Å²) in [6, 6.07) is 5.71. The Morgan fingerprint density at radius 1 is 1.42 bits per heavy atom. The lowest BCUT2D eigenvalue weighted by Crippen LogP contribution is -2.50. The fourth-order valence-electron chi connectivity index (χ4n) is 3.83. The molecule has 2 aliphatic heterocycles. The zero-order chi connectivity index (χ0) is 16.4. The molecule has 3 fully saturated rings. The van der Waals surface area contributed by atoms with E-state index in [4.69, 9.17) is 9.47 Å². The van der Waals surface area contributed by atoms with E-state index in [0.29, 0.717) is 19.6 Å². The van der Waals surface area contributed by atoms with Gasteiger partial charge in [-0.05, 0) is 43.7 Å². The molecule has 3 heterocycles. The summed E-state index contributed by atoms with van der Waals surface area (Å²) in [6.07, 6.45) is 7.90. The zero-order valence-electron chi connectivity index (χ0n) is 14.2. The average molecular weight is 330 g/mol. The van der Waals surface area contributed by atoms with Gasteiger partial charge in [-0.25, -0.2) is 0 Å². The molecule has 3 aliphatic rings. The van der Waals surface area contributed by atoms with E-state index in [9.17, 15) is 4.79 Å². The lowest BCUT2D eigenvalue weighted by Gasteiger charge is -2.39. The van der Waals surface area contributed by atoms with Crippen LogP contribution < -0.4 is 0 Å². The van der Waals surface area contributed by atoms with Crippen molar-refractivity contribution in [1.29, 1.82) is 0 Å². The van der Waals surface area contributed by atoms with E-state index in [1.165, 1.54) is 12.8 Å². The van der Waals surface area contributed by atoms with Gasteiger partial charge in [-0.1, -0.05) is 6.07 Å². The molecule has 0 N–H and O–H groups in total. The standard InChI is InChI=1S/C19H26N2O3/c22-18(10-16-4-1-2-8-20-16)21-9-3-7-19(14-21)11-17(13-24-19)23-12-15-5-6-15/h1-2,4,8,15,17H,3,5-7,9-14H2/t17-,19+/m1/s1. The molecule has 0 radical (unpaired) electrons. The summed E-state index contributed by atoms with van der Waals surface area (Å²) in [4.78, 5) is 18.8. The molecule has 2 saturated heterocycles. The molecule has 1 amide bonds. The van der Waals surface area contributed by atoms with Crippen molar-refractivity contribution >= 4 is 5.91 Å². The SMILES string of the molecule is O=C(Cc1ccccn1)N1CCC[C@]2(C[C@@H](OCC3CC3)CO2)C1. The fraction of sp³-hybridized carbons (Fsp3) is 0.684. The Bertz CT molecular complexity index is 575. The normalized spacial score (nSPS) is 30.0. The molecule has 5 nitrogen and oxygen atoms in total. The lowest BCUT2D eigenvalue weighted by molar-refractivity contribution is -0.138. The molecule has 1 spiro atoms. The van der Waals surface area contributed by atoms with E-state index in [1.54, 1.807) is 6.20 Å². The molecule has 5 heteroatoms. The minimum atomic E-state index is -0.188.